The van der Waals surface area contributed by atoms with Crippen LogP contribution < -0.4 is 5.73 Å². The fourth-order valence-electron chi connectivity index (χ4n) is 3.17. The van der Waals surface area contributed by atoms with E-state index in [2.05, 4.69) is 26.9 Å². The molecule has 0 bridgehead atoms. The number of aromatic nitrogens is 3. The van der Waals surface area contributed by atoms with Crippen LogP contribution >= 0.6 is 24.0 Å². The van der Waals surface area contributed by atoms with Crippen LogP contribution in [0.1, 0.15) is 36.7 Å². The highest BCUT2D eigenvalue weighted by Crippen LogP contribution is 2.15. The molecule has 136 valence electrons. The predicted molar refractivity (Wildman–Crippen MR) is 112 cm³/mol. The number of piperidine rings is 1. The van der Waals surface area contributed by atoms with Gasteiger partial charge in [0.05, 0.1) is 12.2 Å². The molecule has 1 fully saturated rings. The van der Waals surface area contributed by atoms with Crippen molar-refractivity contribution in [1.29, 1.82) is 0 Å². The molecule has 0 amide bonds. The number of likely N-dealkylation sites (tertiary alicyclic amines) is 1. The van der Waals surface area contributed by atoms with Gasteiger partial charge in [-0.3, -0.25) is 0 Å². The molecule has 25 heavy (non-hydrogen) atoms. The molecular formula is C18H27IN6. The lowest BCUT2D eigenvalue weighted by Gasteiger charge is -2.31. The number of hydrogen-bond acceptors (Lipinski definition) is 3. The van der Waals surface area contributed by atoms with Gasteiger partial charge in [-0.25, -0.2) is 14.7 Å². The SMILES string of the molecule is Cc1cc(C)n(-c2ccc(CN=C(N)N3CCCC(C)C3)cn2)n1.I. The van der Waals surface area contributed by atoms with Crippen molar-refractivity contribution in [3.05, 3.63) is 41.3 Å². The molecule has 1 atom stereocenters. The van der Waals surface area contributed by atoms with Crippen LogP contribution in [-0.2, 0) is 6.54 Å². The highest BCUT2D eigenvalue weighted by molar-refractivity contribution is 14.0. The predicted octanol–water partition coefficient (Wildman–Crippen LogP) is 3.05. The van der Waals surface area contributed by atoms with E-state index in [0.717, 1.165) is 35.9 Å². The first-order valence-electron chi connectivity index (χ1n) is 8.56. The summed E-state index contributed by atoms with van der Waals surface area (Å²) < 4.78 is 1.85. The fraction of sp³-hybridized carbons (Fsp3) is 0.500. The first kappa shape index (κ1) is 19.7. The third kappa shape index (κ3) is 4.93. The third-order valence-electron chi connectivity index (χ3n) is 4.44. The standard InChI is InChI=1S/C18H26N6.HI/c1-13-5-4-8-23(12-13)18(19)21-11-16-6-7-17(20-10-16)24-15(3)9-14(2)22-24;/h6-7,9-10,13H,4-5,8,11-12H2,1-3H3,(H2,19,21);1H. The van der Waals surface area contributed by atoms with Crippen LogP contribution in [0, 0.1) is 19.8 Å². The Labute approximate surface area is 166 Å². The van der Waals surface area contributed by atoms with Crippen LogP contribution in [-0.4, -0.2) is 38.7 Å². The summed E-state index contributed by atoms with van der Waals surface area (Å²) in [5.41, 5.74) is 9.26. The first-order chi connectivity index (χ1) is 11.5. The van der Waals surface area contributed by atoms with Crippen LogP contribution in [0.4, 0.5) is 0 Å². The lowest BCUT2D eigenvalue weighted by Crippen LogP contribution is -2.43. The Kier molecular flexibility index (Phi) is 6.80. The van der Waals surface area contributed by atoms with Gasteiger partial charge in [0.2, 0.25) is 0 Å². The Morgan fingerprint density at radius 1 is 1.36 bits per heavy atom. The average molecular weight is 454 g/mol. The van der Waals surface area contributed by atoms with Crippen molar-refractivity contribution in [2.24, 2.45) is 16.6 Å². The maximum Gasteiger partial charge on any atom is 0.191 e. The smallest absolute Gasteiger partial charge is 0.191 e. The second-order valence-corrected chi connectivity index (χ2v) is 6.73. The monoisotopic (exact) mass is 454 g/mol. The van der Waals surface area contributed by atoms with Gasteiger partial charge in [0, 0.05) is 25.0 Å². The summed E-state index contributed by atoms with van der Waals surface area (Å²) in [7, 11) is 0. The van der Waals surface area contributed by atoms with Gasteiger partial charge >= 0.3 is 0 Å². The number of aryl methyl sites for hydroxylation is 2. The molecule has 2 N–H and O–H groups in total. The van der Waals surface area contributed by atoms with Crippen molar-refractivity contribution in [3.63, 3.8) is 0 Å². The van der Waals surface area contributed by atoms with E-state index in [9.17, 15) is 0 Å². The van der Waals surface area contributed by atoms with Crippen LogP contribution in [0.2, 0.25) is 0 Å². The second-order valence-electron chi connectivity index (χ2n) is 6.73. The summed E-state index contributed by atoms with van der Waals surface area (Å²) in [6.07, 6.45) is 4.32. The number of aliphatic imine (C=N–C) groups is 1. The number of guanidine groups is 1. The molecule has 1 aliphatic rings. The summed E-state index contributed by atoms with van der Waals surface area (Å²) >= 11 is 0. The van der Waals surface area contributed by atoms with Gasteiger partial charge in [0.25, 0.3) is 0 Å². The van der Waals surface area contributed by atoms with E-state index < -0.39 is 0 Å². The van der Waals surface area contributed by atoms with E-state index in [1.807, 2.05) is 42.9 Å². The van der Waals surface area contributed by atoms with Crippen LogP contribution in [0.5, 0.6) is 0 Å². The third-order valence-corrected chi connectivity index (χ3v) is 4.44. The molecule has 2 aromatic heterocycles. The van der Waals surface area contributed by atoms with Crippen molar-refractivity contribution in [3.8, 4) is 5.82 Å². The molecule has 1 saturated heterocycles. The minimum absolute atomic E-state index is 0. The number of nitrogens with zero attached hydrogens (tertiary/aromatic N) is 5. The molecule has 0 radical (unpaired) electrons. The van der Waals surface area contributed by atoms with E-state index in [0.29, 0.717) is 18.4 Å². The minimum atomic E-state index is 0. The summed E-state index contributed by atoms with van der Waals surface area (Å²) in [6.45, 7) is 8.85. The average Bonchev–Trinajstić information content (AvgIpc) is 2.91. The van der Waals surface area contributed by atoms with E-state index >= 15 is 0 Å². The molecule has 7 heteroatoms. The highest BCUT2D eigenvalue weighted by Gasteiger charge is 2.17. The van der Waals surface area contributed by atoms with Crippen molar-refractivity contribution < 1.29 is 0 Å². The maximum atomic E-state index is 6.14. The lowest BCUT2D eigenvalue weighted by molar-refractivity contribution is 0.270. The van der Waals surface area contributed by atoms with Gasteiger partial charge < -0.3 is 10.6 Å². The Morgan fingerprint density at radius 2 is 2.16 bits per heavy atom. The number of halogens is 1. The highest BCUT2D eigenvalue weighted by atomic mass is 127. The number of rotatable bonds is 3. The Hall–Kier alpha value is -1.64. The second kappa shape index (κ2) is 8.64. The van der Waals surface area contributed by atoms with Crippen LogP contribution in [0.3, 0.4) is 0 Å². The van der Waals surface area contributed by atoms with Gasteiger partial charge in [0.15, 0.2) is 11.8 Å². The minimum Gasteiger partial charge on any atom is -0.370 e. The van der Waals surface area contributed by atoms with Crippen LogP contribution in [0.15, 0.2) is 29.4 Å². The molecule has 2 aromatic rings. The molecule has 0 aliphatic carbocycles. The zero-order valence-corrected chi connectivity index (χ0v) is 17.5. The summed E-state index contributed by atoms with van der Waals surface area (Å²) in [4.78, 5) is 11.2. The molecule has 6 nitrogen and oxygen atoms in total. The van der Waals surface area contributed by atoms with E-state index in [1.165, 1.54) is 12.8 Å². The molecule has 0 saturated carbocycles. The zero-order chi connectivity index (χ0) is 17.1. The zero-order valence-electron chi connectivity index (χ0n) is 15.1. The molecule has 3 rings (SSSR count). The van der Waals surface area contributed by atoms with Gasteiger partial charge in [-0.2, -0.15) is 5.10 Å². The van der Waals surface area contributed by atoms with E-state index in [4.69, 9.17) is 5.73 Å². The Balaban J connectivity index is 0.00000225. The van der Waals surface area contributed by atoms with E-state index in [1.54, 1.807) is 0 Å². The molecule has 1 aliphatic heterocycles. The van der Waals surface area contributed by atoms with Gasteiger partial charge in [0.1, 0.15) is 0 Å². The van der Waals surface area contributed by atoms with Gasteiger partial charge in [-0.15, -0.1) is 24.0 Å². The van der Waals surface area contributed by atoms with Gasteiger partial charge in [-0.05, 0) is 50.3 Å². The normalized spacial score (nSPS) is 18.1. The van der Waals surface area contributed by atoms with Crippen molar-refractivity contribution in [1.82, 2.24) is 19.7 Å². The number of pyridine rings is 1. The quantitative estimate of drug-likeness (QED) is 0.440. The largest absolute Gasteiger partial charge is 0.370 e. The summed E-state index contributed by atoms with van der Waals surface area (Å²) in [6, 6.07) is 6.05. The number of hydrogen-bond donors (Lipinski definition) is 1. The molecule has 0 aromatic carbocycles. The van der Waals surface area contributed by atoms with Crippen molar-refractivity contribution in [2.45, 2.75) is 40.2 Å². The lowest BCUT2D eigenvalue weighted by atomic mass is 10.0. The number of nitrogens with two attached hydrogens (primary N) is 1. The maximum absolute atomic E-state index is 6.14. The first-order valence-corrected chi connectivity index (χ1v) is 8.56. The van der Waals surface area contributed by atoms with Gasteiger partial charge in [-0.1, -0.05) is 13.0 Å². The topological polar surface area (TPSA) is 72.3 Å². The molecular weight excluding hydrogens is 427 g/mol. The molecule has 3 heterocycles. The summed E-state index contributed by atoms with van der Waals surface area (Å²) in [5.74, 6) is 2.16. The van der Waals surface area contributed by atoms with E-state index in [-0.39, 0.29) is 24.0 Å². The summed E-state index contributed by atoms with van der Waals surface area (Å²) in [5, 5.41) is 4.45. The fourth-order valence-corrected chi connectivity index (χ4v) is 3.17. The molecule has 0 spiro atoms. The van der Waals surface area contributed by atoms with Crippen molar-refractivity contribution >= 4 is 29.9 Å². The van der Waals surface area contributed by atoms with Crippen molar-refractivity contribution in [2.75, 3.05) is 13.1 Å². The van der Waals surface area contributed by atoms with Crippen LogP contribution in [0.25, 0.3) is 5.82 Å². The Bertz CT molecular complexity index is 722. The molecule has 1 unspecified atom stereocenters. The Morgan fingerprint density at radius 3 is 2.76 bits per heavy atom.